The number of amides is 1. The van der Waals surface area contributed by atoms with E-state index in [1.807, 2.05) is 24.3 Å². The van der Waals surface area contributed by atoms with Crippen molar-refractivity contribution in [3.05, 3.63) is 24.3 Å². The Hall–Kier alpha value is -1.27. The van der Waals surface area contributed by atoms with Crippen LogP contribution in [-0.2, 0) is 4.79 Å². The molecule has 4 nitrogen and oxygen atoms in total. The van der Waals surface area contributed by atoms with Crippen LogP contribution in [-0.4, -0.2) is 34.1 Å². The van der Waals surface area contributed by atoms with E-state index in [-0.39, 0.29) is 5.91 Å². The summed E-state index contributed by atoms with van der Waals surface area (Å²) in [5.41, 5.74) is 1.82. The standard InChI is InChI=1S/C12H15N3OS2/c1-9(16)14-11-4-2-10(3-5-11)13-8-15-6-7-18-12(15)17/h2-5,13H,6-8H2,1H3,(H,14,16). The van der Waals surface area contributed by atoms with Crippen molar-refractivity contribution in [1.82, 2.24) is 4.90 Å². The summed E-state index contributed by atoms with van der Waals surface area (Å²) < 4.78 is 0.956. The van der Waals surface area contributed by atoms with Crippen LogP contribution in [0, 0.1) is 0 Å². The molecule has 18 heavy (non-hydrogen) atoms. The van der Waals surface area contributed by atoms with Crippen molar-refractivity contribution in [2.45, 2.75) is 6.92 Å². The first kappa shape index (κ1) is 13.2. The Bertz CT molecular complexity index is 447. The Kier molecular flexibility index (Phi) is 4.43. The van der Waals surface area contributed by atoms with Crippen molar-refractivity contribution in [2.75, 3.05) is 29.6 Å². The number of carbonyl (C=O) groups is 1. The lowest BCUT2D eigenvalue weighted by Crippen LogP contribution is -2.28. The second-order valence-electron chi connectivity index (χ2n) is 3.97. The van der Waals surface area contributed by atoms with Crippen LogP contribution in [0.3, 0.4) is 0 Å². The minimum absolute atomic E-state index is 0.0600. The Morgan fingerprint density at radius 1 is 1.39 bits per heavy atom. The maximum atomic E-state index is 10.9. The van der Waals surface area contributed by atoms with Crippen LogP contribution < -0.4 is 10.6 Å². The van der Waals surface area contributed by atoms with Crippen LogP contribution in [0.1, 0.15) is 6.92 Å². The van der Waals surface area contributed by atoms with Gasteiger partial charge in [-0.15, -0.1) is 0 Å². The minimum atomic E-state index is -0.0600. The summed E-state index contributed by atoms with van der Waals surface area (Å²) in [5.74, 6) is 1.01. The normalized spacial score (nSPS) is 14.7. The first-order chi connectivity index (χ1) is 8.65. The van der Waals surface area contributed by atoms with Crippen molar-refractivity contribution in [3.8, 4) is 0 Å². The second-order valence-corrected chi connectivity index (χ2v) is 5.70. The lowest BCUT2D eigenvalue weighted by atomic mass is 10.3. The molecule has 2 N–H and O–H groups in total. The van der Waals surface area contributed by atoms with E-state index in [0.29, 0.717) is 0 Å². The molecule has 0 aromatic heterocycles. The molecule has 0 saturated carbocycles. The first-order valence-electron chi connectivity index (χ1n) is 5.68. The Morgan fingerprint density at radius 3 is 2.61 bits per heavy atom. The number of thiocarbonyl (C=S) groups is 1. The number of hydrogen-bond donors (Lipinski definition) is 2. The summed E-state index contributed by atoms with van der Waals surface area (Å²) in [6.07, 6.45) is 0. The molecular weight excluding hydrogens is 266 g/mol. The van der Waals surface area contributed by atoms with Gasteiger partial charge in [0.15, 0.2) is 0 Å². The van der Waals surface area contributed by atoms with Crippen molar-refractivity contribution in [1.29, 1.82) is 0 Å². The number of benzene rings is 1. The summed E-state index contributed by atoms with van der Waals surface area (Å²) in [7, 11) is 0. The summed E-state index contributed by atoms with van der Waals surface area (Å²) in [6, 6.07) is 7.64. The first-order valence-corrected chi connectivity index (χ1v) is 7.08. The average molecular weight is 281 g/mol. The van der Waals surface area contributed by atoms with Gasteiger partial charge in [0.2, 0.25) is 5.91 Å². The number of hydrogen-bond acceptors (Lipinski definition) is 4. The molecule has 0 bridgehead atoms. The molecule has 1 saturated heterocycles. The summed E-state index contributed by atoms with van der Waals surface area (Å²) >= 11 is 6.95. The van der Waals surface area contributed by atoms with Crippen LogP contribution in [0.25, 0.3) is 0 Å². The molecule has 2 rings (SSSR count). The zero-order chi connectivity index (χ0) is 13.0. The SMILES string of the molecule is CC(=O)Nc1ccc(NCN2CCSC2=S)cc1. The van der Waals surface area contributed by atoms with Gasteiger partial charge >= 0.3 is 0 Å². The highest BCUT2D eigenvalue weighted by Crippen LogP contribution is 2.18. The highest BCUT2D eigenvalue weighted by Gasteiger charge is 2.16. The van der Waals surface area contributed by atoms with Crippen molar-refractivity contribution in [3.63, 3.8) is 0 Å². The van der Waals surface area contributed by atoms with Gasteiger partial charge in [-0.05, 0) is 24.3 Å². The number of rotatable bonds is 4. The lowest BCUT2D eigenvalue weighted by molar-refractivity contribution is -0.114. The van der Waals surface area contributed by atoms with E-state index in [0.717, 1.165) is 34.7 Å². The van der Waals surface area contributed by atoms with E-state index >= 15 is 0 Å². The summed E-state index contributed by atoms with van der Waals surface area (Å²) in [5, 5.41) is 6.04. The number of carbonyl (C=O) groups excluding carboxylic acids is 1. The van der Waals surface area contributed by atoms with Gasteiger partial charge in [0.05, 0.1) is 6.67 Å². The molecular formula is C12H15N3OS2. The maximum Gasteiger partial charge on any atom is 0.221 e. The molecule has 6 heteroatoms. The predicted octanol–water partition coefficient (Wildman–Crippen LogP) is 2.35. The fourth-order valence-electron chi connectivity index (χ4n) is 1.63. The van der Waals surface area contributed by atoms with Gasteiger partial charge < -0.3 is 15.5 Å². The van der Waals surface area contributed by atoms with Crippen molar-refractivity contribution >= 4 is 45.6 Å². The van der Waals surface area contributed by atoms with Gasteiger partial charge in [0, 0.05) is 30.6 Å². The molecule has 0 aliphatic carbocycles. The zero-order valence-corrected chi connectivity index (χ0v) is 11.7. The molecule has 1 aromatic rings. The predicted molar refractivity (Wildman–Crippen MR) is 81.0 cm³/mol. The van der Waals surface area contributed by atoms with Crippen LogP contribution in [0.15, 0.2) is 24.3 Å². The van der Waals surface area contributed by atoms with E-state index in [1.165, 1.54) is 6.92 Å². The fraction of sp³-hybridized carbons (Fsp3) is 0.333. The van der Waals surface area contributed by atoms with E-state index < -0.39 is 0 Å². The smallest absolute Gasteiger partial charge is 0.221 e. The topological polar surface area (TPSA) is 44.4 Å². The summed E-state index contributed by atoms with van der Waals surface area (Å²) in [4.78, 5) is 13.0. The van der Waals surface area contributed by atoms with Gasteiger partial charge in [-0.1, -0.05) is 24.0 Å². The highest BCUT2D eigenvalue weighted by molar-refractivity contribution is 8.23. The van der Waals surface area contributed by atoms with E-state index in [9.17, 15) is 4.79 Å². The number of anilines is 2. The largest absolute Gasteiger partial charge is 0.368 e. The number of nitrogens with zero attached hydrogens (tertiary/aromatic N) is 1. The quantitative estimate of drug-likeness (QED) is 0.830. The molecule has 0 unspecified atom stereocenters. The average Bonchev–Trinajstić information content (AvgIpc) is 2.73. The third-order valence-corrected chi connectivity index (χ3v) is 4.03. The molecule has 1 heterocycles. The van der Waals surface area contributed by atoms with Gasteiger partial charge in [0.1, 0.15) is 4.32 Å². The summed E-state index contributed by atoms with van der Waals surface area (Å²) in [6.45, 7) is 3.23. The molecule has 1 aliphatic rings. The fourth-order valence-corrected chi connectivity index (χ4v) is 2.86. The van der Waals surface area contributed by atoms with Gasteiger partial charge in [-0.3, -0.25) is 4.79 Å². The minimum Gasteiger partial charge on any atom is -0.368 e. The zero-order valence-electron chi connectivity index (χ0n) is 10.1. The molecule has 0 atom stereocenters. The van der Waals surface area contributed by atoms with E-state index in [4.69, 9.17) is 12.2 Å². The lowest BCUT2D eigenvalue weighted by Gasteiger charge is -2.18. The molecule has 1 amide bonds. The van der Waals surface area contributed by atoms with Crippen LogP contribution >= 0.6 is 24.0 Å². The van der Waals surface area contributed by atoms with E-state index in [2.05, 4.69) is 15.5 Å². The molecule has 1 aromatic carbocycles. The van der Waals surface area contributed by atoms with Crippen LogP contribution in [0.4, 0.5) is 11.4 Å². The Morgan fingerprint density at radius 2 is 2.06 bits per heavy atom. The molecule has 0 radical (unpaired) electrons. The Labute approximate surface area is 116 Å². The third kappa shape index (κ3) is 3.61. The highest BCUT2D eigenvalue weighted by atomic mass is 32.2. The second kappa shape index (κ2) is 6.06. The van der Waals surface area contributed by atoms with Crippen molar-refractivity contribution in [2.24, 2.45) is 0 Å². The molecule has 0 spiro atoms. The molecule has 96 valence electrons. The van der Waals surface area contributed by atoms with Gasteiger partial charge in [0.25, 0.3) is 0 Å². The number of nitrogens with one attached hydrogen (secondary N) is 2. The van der Waals surface area contributed by atoms with E-state index in [1.54, 1.807) is 11.8 Å². The van der Waals surface area contributed by atoms with Gasteiger partial charge in [-0.2, -0.15) is 0 Å². The van der Waals surface area contributed by atoms with Gasteiger partial charge in [-0.25, -0.2) is 0 Å². The molecule has 1 aliphatic heterocycles. The maximum absolute atomic E-state index is 10.9. The van der Waals surface area contributed by atoms with Crippen molar-refractivity contribution < 1.29 is 4.79 Å². The molecule has 1 fully saturated rings. The number of thioether (sulfide) groups is 1. The van der Waals surface area contributed by atoms with Crippen LogP contribution in [0.5, 0.6) is 0 Å². The Balaban J connectivity index is 1.86. The third-order valence-electron chi connectivity index (χ3n) is 2.52. The van der Waals surface area contributed by atoms with Crippen LogP contribution in [0.2, 0.25) is 0 Å². The monoisotopic (exact) mass is 281 g/mol.